The van der Waals surface area contributed by atoms with Crippen LogP contribution >= 0.6 is 0 Å². The third-order valence-electron chi connectivity index (χ3n) is 2.71. The van der Waals surface area contributed by atoms with Crippen molar-refractivity contribution in [1.29, 1.82) is 0 Å². The van der Waals surface area contributed by atoms with Gasteiger partial charge >= 0.3 is 6.18 Å². The maximum atomic E-state index is 13.1. The van der Waals surface area contributed by atoms with Crippen molar-refractivity contribution in [3.63, 3.8) is 0 Å². The summed E-state index contributed by atoms with van der Waals surface area (Å²) in [5.74, 6) is 0.00211. The molecule has 5 heteroatoms. The summed E-state index contributed by atoms with van der Waals surface area (Å²) >= 11 is 0. The molecule has 0 radical (unpaired) electrons. The van der Waals surface area contributed by atoms with E-state index in [0.717, 1.165) is 6.08 Å². The molecule has 2 nitrogen and oxygen atoms in total. The monoisotopic (exact) mass is 260 g/mol. The summed E-state index contributed by atoms with van der Waals surface area (Å²) < 4.78 is 44.1. The number of halogens is 3. The number of hydrogen-bond donors (Lipinski definition) is 1. The highest BCUT2D eigenvalue weighted by atomic mass is 19.4. The molecule has 0 heterocycles. The van der Waals surface area contributed by atoms with Crippen molar-refractivity contribution in [3.8, 4) is 5.75 Å². The number of hydrogen-bond acceptors (Lipinski definition) is 2. The van der Waals surface area contributed by atoms with Gasteiger partial charge in [0, 0.05) is 12.0 Å². The molecular weight excluding hydrogens is 245 g/mol. The van der Waals surface area contributed by atoms with Crippen LogP contribution in [0.1, 0.15) is 17.5 Å². The quantitative estimate of drug-likeness (QED) is 0.841. The van der Waals surface area contributed by atoms with Crippen LogP contribution < -0.4 is 4.74 Å². The highest BCUT2D eigenvalue weighted by Gasteiger charge is 2.55. The third-order valence-corrected chi connectivity index (χ3v) is 2.71. The van der Waals surface area contributed by atoms with Gasteiger partial charge in [-0.15, -0.1) is 6.58 Å². The van der Waals surface area contributed by atoms with Crippen LogP contribution in [-0.2, 0) is 5.60 Å². The molecule has 0 saturated heterocycles. The van der Waals surface area contributed by atoms with E-state index in [-0.39, 0.29) is 11.3 Å². The molecule has 18 heavy (non-hydrogen) atoms. The Labute approximate surface area is 104 Å². The van der Waals surface area contributed by atoms with E-state index in [1.54, 1.807) is 13.0 Å². The standard InChI is InChI=1S/C13H15F3O2/c1-4-7-12(17,13(14,15)16)10-8-9(2)5-6-11(10)18-3/h4-6,8,17H,1,7H2,2-3H3. The molecule has 100 valence electrons. The van der Waals surface area contributed by atoms with Crippen LogP contribution in [0.5, 0.6) is 5.75 Å². The number of aryl methyl sites for hydroxylation is 1. The molecule has 1 atom stereocenters. The van der Waals surface area contributed by atoms with Gasteiger partial charge in [0.25, 0.3) is 0 Å². The lowest BCUT2D eigenvalue weighted by Crippen LogP contribution is -2.42. The molecule has 0 bridgehead atoms. The minimum Gasteiger partial charge on any atom is -0.496 e. The molecule has 1 aromatic rings. The van der Waals surface area contributed by atoms with Crippen molar-refractivity contribution in [2.75, 3.05) is 7.11 Å². The first-order chi connectivity index (χ1) is 8.26. The number of methoxy groups -OCH3 is 1. The SMILES string of the molecule is C=CCC(O)(c1cc(C)ccc1OC)C(F)(F)F. The number of benzene rings is 1. The second-order valence-electron chi connectivity index (χ2n) is 4.05. The Hall–Kier alpha value is -1.49. The predicted molar refractivity (Wildman–Crippen MR) is 62.5 cm³/mol. The Morgan fingerprint density at radius 3 is 2.44 bits per heavy atom. The molecule has 0 aliphatic heterocycles. The van der Waals surface area contributed by atoms with Crippen LogP contribution in [0, 0.1) is 6.92 Å². The maximum Gasteiger partial charge on any atom is 0.421 e. The van der Waals surface area contributed by atoms with Crippen molar-refractivity contribution >= 4 is 0 Å². The number of alkyl halides is 3. The Bertz CT molecular complexity index is 440. The molecule has 0 aliphatic rings. The number of aliphatic hydroxyl groups is 1. The van der Waals surface area contributed by atoms with E-state index in [1.807, 2.05) is 0 Å². The summed E-state index contributed by atoms with van der Waals surface area (Å²) in [6.45, 7) is 4.91. The smallest absolute Gasteiger partial charge is 0.421 e. The molecule has 0 aromatic heterocycles. The molecular formula is C13H15F3O2. The van der Waals surface area contributed by atoms with Gasteiger partial charge in [-0.25, -0.2) is 0 Å². The summed E-state index contributed by atoms with van der Waals surface area (Å²) in [6, 6.07) is 4.30. The van der Waals surface area contributed by atoms with E-state index < -0.39 is 18.2 Å². The lowest BCUT2D eigenvalue weighted by Gasteiger charge is -2.31. The average Bonchev–Trinajstić information content (AvgIpc) is 2.27. The Morgan fingerprint density at radius 2 is 2.00 bits per heavy atom. The van der Waals surface area contributed by atoms with Crippen LogP contribution in [0.25, 0.3) is 0 Å². The van der Waals surface area contributed by atoms with Gasteiger partial charge in [0.1, 0.15) is 5.75 Å². The molecule has 0 amide bonds. The Kier molecular flexibility index (Phi) is 4.06. The summed E-state index contributed by atoms with van der Waals surface area (Å²) in [4.78, 5) is 0. The second-order valence-corrected chi connectivity index (χ2v) is 4.05. The van der Waals surface area contributed by atoms with Gasteiger partial charge < -0.3 is 9.84 Å². The molecule has 0 aliphatic carbocycles. The molecule has 1 unspecified atom stereocenters. The predicted octanol–water partition coefficient (Wildman–Crippen LogP) is 3.33. The first kappa shape index (κ1) is 14.6. The van der Waals surface area contributed by atoms with Gasteiger partial charge in [-0.05, 0) is 19.1 Å². The van der Waals surface area contributed by atoms with E-state index >= 15 is 0 Å². The summed E-state index contributed by atoms with van der Waals surface area (Å²) in [6.07, 6.45) is -4.39. The van der Waals surface area contributed by atoms with E-state index in [9.17, 15) is 18.3 Å². The van der Waals surface area contributed by atoms with Crippen molar-refractivity contribution in [2.45, 2.75) is 25.1 Å². The Morgan fingerprint density at radius 1 is 1.39 bits per heavy atom. The number of ether oxygens (including phenoxy) is 1. The minimum absolute atomic E-state index is 0.00211. The zero-order chi connectivity index (χ0) is 14.0. The topological polar surface area (TPSA) is 29.5 Å². The van der Waals surface area contributed by atoms with Crippen LogP contribution in [0.15, 0.2) is 30.9 Å². The third kappa shape index (κ3) is 2.51. The highest BCUT2D eigenvalue weighted by molar-refractivity contribution is 5.42. The van der Waals surface area contributed by atoms with Crippen LogP contribution in [0.3, 0.4) is 0 Å². The van der Waals surface area contributed by atoms with Crippen molar-refractivity contribution in [3.05, 3.63) is 42.0 Å². The van der Waals surface area contributed by atoms with E-state index in [0.29, 0.717) is 5.56 Å². The maximum absolute atomic E-state index is 13.1. The fourth-order valence-corrected chi connectivity index (χ4v) is 1.73. The molecule has 1 rings (SSSR count). The van der Waals surface area contributed by atoms with Crippen LogP contribution in [0.2, 0.25) is 0 Å². The molecule has 0 saturated carbocycles. The minimum atomic E-state index is -4.80. The van der Waals surface area contributed by atoms with Gasteiger partial charge in [-0.1, -0.05) is 17.7 Å². The average molecular weight is 260 g/mol. The van der Waals surface area contributed by atoms with Crippen LogP contribution in [0.4, 0.5) is 13.2 Å². The van der Waals surface area contributed by atoms with Gasteiger partial charge in [-0.3, -0.25) is 0 Å². The molecule has 0 spiro atoms. The summed E-state index contributed by atoms with van der Waals surface area (Å²) in [7, 11) is 1.26. The van der Waals surface area contributed by atoms with Crippen molar-refractivity contribution < 1.29 is 23.0 Å². The van der Waals surface area contributed by atoms with E-state index in [1.165, 1.54) is 19.2 Å². The van der Waals surface area contributed by atoms with Gasteiger partial charge in [0.15, 0.2) is 5.60 Å². The molecule has 0 fully saturated rings. The van der Waals surface area contributed by atoms with Gasteiger partial charge in [-0.2, -0.15) is 13.2 Å². The molecule has 1 aromatic carbocycles. The zero-order valence-corrected chi connectivity index (χ0v) is 10.2. The lowest BCUT2D eigenvalue weighted by molar-refractivity contribution is -0.265. The largest absolute Gasteiger partial charge is 0.496 e. The molecule has 1 N–H and O–H groups in total. The van der Waals surface area contributed by atoms with Gasteiger partial charge in [0.05, 0.1) is 7.11 Å². The summed E-state index contributed by atoms with van der Waals surface area (Å²) in [5, 5.41) is 9.98. The van der Waals surface area contributed by atoms with Crippen molar-refractivity contribution in [1.82, 2.24) is 0 Å². The first-order valence-corrected chi connectivity index (χ1v) is 5.31. The Balaban J connectivity index is 3.47. The van der Waals surface area contributed by atoms with E-state index in [2.05, 4.69) is 6.58 Å². The highest BCUT2D eigenvalue weighted by Crippen LogP contribution is 2.45. The first-order valence-electron chi connectivity index (χ1n) is 5.31. The van der Waals surface area contributed by atoms with Crippen molar-refractivity contribution in [2.24, 2.45) is 0 Å². The summed E-state index contributed by atoms with van der Waals surface area (Å²) in [5.41, 5.74) is -2.67. The zero-order valence-electron chi connectivity index (χ0n) is 10.2. The van der Waals surface area contributed by atoms with Crippen LogP contribution in [-0.4, -0.2) is 18.4 Å². The second kappa shape index (κ2) is 5.02. The fraction of sp³-hybridized carbons (Fsp3) is 0.385. The van der Waals surface area contributed by atoms with E-state index in [4.69, 9.17) is 4.74 Å². The normalized spacial score (nSPS) is 15.0. The van der Waals surface area contributed by atoms with Gasteiger partial charge in [0.2, 0.25) is 0 Å². The number of rotatable bonds is 4. The lowest BCUT2D eigenvalue weighted by atomic mass is 9.88. The fourth-order valence-electron chi connectivity index (χ4n) is 1.73.